The Labute approximate surface area is 123 Å². The lowest BCUT2D eigenvalue weighted by atomic mass is 9.93. The number of esters is 1. The van der Waals surface area contributed by atoms with Crippen LogP contribution in [0.3, 0.4) is 0 Å². The average Bonchev–Trinajstić information content (AvgIpc) is 2.86. The maximum Gasteiger partial charge on any atom is 0.314 e. The largest absolute Gasteiger partial charge is 0.459 e. The van der Waals surface area contributed by atoms with E-state index in [1.807, 2.05) is 27.7 Å². The summed E-state index contributed by atoms with van der Waals surface area (Å²) in [6.45, 7) is 10.5. The molecule has 0 aromatic heterocycles. The lowest BCUT2D eigenvalue weighted by Crippen LogP contribution is -2.40. The predicted molar refractivity (Wildman–Crippen MR) is 78.4 cm³/mol. The summed E-state index contributed by atoms with van der Waals surface area (Å²) in [7, 11) is 0. The predicted octanol–water partition coefficient (Wildman–Crippen LogP) is 3.68. The molecule has 118 valence electrons. The summed E-state index contributed by atoms with van der Waals surface area (Å²) in [5.74, 6) is -0.162. The zero-order valence-electron chi connectivity index (χ0n) is 13.7. The van der Waals surface area contributed by atoms with Gasteiger partial charge in [-0.05, 0) is 59.8 Å². The number of ether oxygens (including phenoxy) is 3. The molecule has 1 atom stereocenters. The molecule has 1 saturated carbocycles. The van der Waals surface area contributed by atoms with Gasteiger partial charge in [-0.1, -0.05) is 6.92 Å². The Morgan fingerprint density at radius 1 is 1.20 bits per heavy atom. The van der Waals surface area contributed by atoms with E-state index in [2.05, 4.69) is 6.92 Å². The Morgan fingerprint density at radius 2 is 1.80 bits per heavy atom. The first kappa shape index (κ1) is 17.4. The number of carbonyl (C=O) groups is 1. The minimum atomic E-state index is -0.643. The van der Waals surface area contributed by atoms with Crippen molar-refractivity contribution in [2.24, 2.45) is 5.41 Å². The monoisotopic (exact) mass is 286 g/mol. The van der Waals surface area contributed by atoms with E-state index in [-0.39, 0.29) is 17.9 Å². The Balaban J connectivity index is 2.51. The third-order valence-corrected chi connectivity index (χ3v) is 4.10. The zero-order chi connectivity index (χ0) is 15.2. The van der Waals surface area contributed by atoms with Crippen LogP contribution >= 0.6 is 0 Å². The molecule has 0 bridgehead atoms. The summed E-state index contributed by atoms with van der Waals surface area (Å²) in [6, 6.07) is 0. The fourth-order valence-corrected chi connectivity index (χ4v) is 2.55. The van der Waals surface area contributed by atoms with Gasteiger partial charge in [-0.2, -0.15) is 0 Å². The lowest BCUT2D eigenvalue weighted by molar-refractivity contribution is -0.184. The van der Waals surface area contributed by atoms with Crippen molar-refractivity contribution >= 4 is 5.97 Å². The number of rotatable bonds is 8. The SMILES string of the molecule is CCOC(C)OCC(C)(C)C(=O)OC1(CC)CCCC1. The van der Waals surface area contributed by atoms with Gasteiger partial charge in [0.15, 0.2) is 6.29 Å². The number of hydrogen-bond donors (Lipinski definition) is 0. The van der Waals surface area contributed by atoms with E-state index < -0.39 is 5.41 Å². The molecule has 0 heterocycles. The van der Waals surface area contributed by atoms with Gasteiger partial charge < -0.3 is 14.2 Å². The summed E-state index contributed by atoms with van der Waals surface area (Å²) in [5.41, 5.74) is -0.879. The second kappa shape index (κ2) is 7.41. The van der Waals surface area contributed by atoms with Crippen molar-refractivity contribution in [3.8, 4) is 0 Å². The van der Waals surface area contributed by atoms with Gasteiger partial charge in [-0.25, -0.2) is 0 Å². The molecular weight excluding hydrogens is 256 g/mol. The zero-order valence-corrected chi connectivity index (χ0v) is 13.7. The highest BCUT2D eigenvalue weighted by Crippen LogP contribution is 2.37. The fourth-order valence-electron chi connectivity index (χ4n) is 2.55. The van der Waals surface area contributed by atoms with Crippen LogP contribution in [0.2, 0.25) is 0 Å². The van der Waals surface area contributed by atoms with E-state index in [1.54, 1.807) is 0 Å². The number of hydrogen-bond acceptors (Lipinski definition) is 4. The van der Waals surface area contributed by atoms with Crippen LogP contribution in [-0.4, -0.2) is 31.1 Å². The van der Waals surface area contributed by atoms with Crippen LogP contribution in [0.25, 0.3) is 0 Å². The van der Waals surface area contributed by atoms with Crippen LogP contribution in [0.5, 0.6) is 0 Å². The minimum Gasteiger partial charge on any atom is -0.459 e. The van der Waals surface area contributed by atoms with Gasteiger partial charge in [-0.15, -0.1) is 0 Å². The average molecular weight is 286 g/mol. The van der Waals surface area contributed by atoms with Crippen molar-refractivity contribution < 1.29 is 19.0 Å². The molecule has 1 fully saturated rings. The third kappa shape index (κ3) is 4.74. The summed E-state index contributed by atoms with van der Waals surface area (Å²) in [5, 5.41) is 0. The standard InChI is InChI=1S/C16H30O4/c1-6-16(10-8-9-11-16)20-14(17)15(4,5)12-19-13(3)18-7-2/h13H,6-12H2,1-5H3. The normalized spacial score (nSPS) is 19.9. The van der Waals surface area contributed by atoms with E-state index in [9.17, 15) is 4.79 Å². The van der Waals surface area contributed by atoms with Crippen molar-refractivity contribution in [3.63, 3.8) is 0 Å². The van der Waals surface area contributed by atoms with Crippen LogP contribution < -0.4 is 0 Å². The second-order valence-corrected chi connectivity index (χ2v) is 6.35. The summed E-state index contributed by atoms with van der Waals surface area (Å²) < 4.78 is 16.7. The highest BCUT2D eigenvalue weighted by atomic mass is 16.7. The molecule has 1 aliphatic rings. The summed E-state index contributed by atoms with van der Waals surface area (Å²) >= 11 is 0. The van der Waals surface area contributed by atoms with E-state index in [0.717, 1.165) is 32.1 Å². The Kier molecular flexibility index (Phi) is 6.46. The Hall–Kier alpha value is -0.610. The van der Waals surface area contributed by atoms with E-state index in [1.165, 1.54) is 0 Å². The molecule has 4 heteroatoms. The topological polar surface area (TPSA) is 44.8 Å². The second-order valence-electron chi connectivity index (χ2n) is 6.35. The molecule has 1 rings (SSSR count). The smallest absolute Gasteiger partial charge is 0.314 e. The Bertz CT molecular complexity index is 306. The van der Waals surface area contributed by atoms with Gasteiger partial charge >= 0.3 is 5.97 Å². The molecular formula is C16H30O4. The molecule has 0 spiro atoms. The molecule has 1 unspecified atom stereocenters. The van der Waals surface area contributed by atoms with Crippen LogP contribution in [0.15, 0.2) is 0 Å². The summed E-state index contributed by atoms with van der Waals surface area (Å²) in [4.78, 5) is 12.4. The minimum absolute atomic E-state index is 0.162. The molecule has 0 aliphatic heterocycles. The quantitative estimate of drug-likeness (QED) is 0.504. The van der Waals surface area contributed by atoms with Crippen LogP contribution in [0, 0.1) is 5.41 Å². The highest BCUT2D eigenvalue weighted by molar-refractivity contribution is 5.76. The van der Waals surface area contributed by atoms with Crippen LogP contribution in [-0.2, 0) is 19.0 Å². The van der Waals surface area contributed by atoms with Gasteiger partial charge in [0.2, 0.25) is 0 Å². The van der Waals surface area contributed by atoms with Crippen molar-refractivity contribution in [2.45, 2.75) is 78.6 Å². The molecule has 0 N–H and O–H groups in total. The fraction of sp³-hybridized carbons (Fsp3) is 0.938. The molecule has 20 heavy (non-hydrogen) atoms. The van der Waals surface area contributed by atoms with E-state index in [4.69, 9.17) is 14.2 Å². The van der Waals surface area contributed by atoms with E-state index >= 15 is 0 Å². The van der Waals surface area contributed by atoms with Crippen LogP contribution in [0.4, 0.5) is 0 Å². The molecule has 0 amide bonds. The van der Waals surface area contributed by atoms with Gasteiger partial charge in [0.1, 0.15) is 5.60 Å². The highest BCUT2D eigenvalue weighted by Gasteiger charge is 2.40. The molecule has 0 radical (unpaired) electrons. The molecule has 0 aromatic rings. The maximum atomic E-state index is 12.4. The first-order chi connectivity index (χ1) is 9.35. The summed E-state index contributed by atoms with van der Waals surface area (Å²) in [6.07, 6.45) is 4.88. The molecule has 4 nitrogen and oxygen atoms in total. The van der Waals surface area contributed by atoms with Crippen LogP contribution in [0.1, 0.15) is 66.7 Å². The van der Waals surface area contributed by atoms with Gasteiger partial charge in [0.05, 0.1) is 12.0 Å². The molecule has 0 aromatic carbocycles. The Morgan fingerprint density at radius 3 is 2.30 bits per heavy atom. The molecule has 1 aliphatic carbocycles. The van der Waals surface area contributed by atoms with Crippen molar-refractivity contribution in [3.05, 3.63) is 0 Å². The van der Waals surface area contributed by atoms with E-state index in [0.29, 0.717) is 13.2 Å². The van der Waals surface area contributed by atoms with Gasteiger partial charge in [-0.3, -0.25) is 4.79 Å². The van der Waals surface area contributed by atoms with Gasteiger partial charge in [0, 0.05) is 6.61 Å². The van der Waals surface area contributed by atoms with Crippen molar-refractivity contribution in [2.75, 3.05) is 13.2 Å². The molecule has 0 saturated heterocycles. The van der Waals surface area contributed by atoms with Crippen molar-refractivity contribution in [1.82, 2.24) is 0 Å². The third-order valence-electron chi connectivity index (χ3n) is 4.10. The lowest BCUT2D eigenvalue weighted by Gasteiger charge is -2.33. The van der Waals surface area contributed by atoms with Crippen molar-refractivity contribution in [1.29, 1.82) is 0 Å². The first-order valence-corrected chi connectivity index (χ1v) is 7.82. The maximum absolute atomic E-state index is 12.4. The first-order valence-electron chi connectivity index (χ1n) is 7.82. The van der Waals surface area contributed by atoms with Gasteiger partial charge in [0.25, 0.3) is 0 Å². The number of carbonyl (C=O) groups excluding carboxylic acids is 1.